The van der Waals surface area contributed by atoms with Crippen molar-refractivity contribution in [3.8, 4) is 5.75 Å². The fourth-order valence-corrected chi connectivity index (χ4v) is 1.92. The van der Waals surface area contributed by atoms with Crippen LogP contribution in [0.2, 0.25) is 0 Å². The lowest BCUT2D eigenvalue weighted by Crippen LogP contribution is -2.46. The lowest BCUT2D eigenvalue weighted by molar-refractivity contribution is 0.0954. The molecule has 1 aromatic rings. The number of rotatable bonds is 8. The number of hydrogen-bond donors (Lipinski definition) is 3. The summed E-state index contributed by atoms with van der Waals surface area (Å²) in [6, 6.07) is 7.13. The normalized spacial score (nSPS) is 11.9. The Morgan fingerprint density at radius 2 is 1.79 bits per heavy atom. The maximum absolute atomic E-state index is 12.0. The van der Waals surface area contributed by atoms with Crippen LogP contribution in [0.5, 0.6) is 5.75 Å². The van der Waals surface area contributed by atoms with Crippen molar-refractivity contribution in [1.29, 1.82) is 0 Å². The van der Waals surface area contributed by atoms with Crippen LogP contribution in [0.1, 0.15) is 17.3 Å². The van der Waals surface area contributed by atoms with E-state index in [4.69, 9.17) is 9.47 Å². The predicted octanol–water partition coefficient (Wildman–Crippen LogP) is 1.24. The summed E-state index contributed by atoms with van der Waals surface area (Å²) in [5.41, 5.74) is 0.599. The molecule has 24 heavy (non-hydrogen) atoms. The highest BCUT2D eigenvalue weighted by Crippen LogP contribution is 2.10. The summed E-state index contributed by atoms with van der Waals surface area (Å²) in [7, 11) is 4.95. The summed E-state index contributed by atoms with van der Waals surface area (Å²) in [6.07, 6.45) is 0. The zero-order valence-corrected chi connectivity index (χ0v) is 16.9. The van der Waals surface area contributed by atoms with Crippen molar-refractivity contribution in [2.75, 3.05) is 41.0 Å². The van der Waals surface area contributed by atoms with Crippen LogP contribution in [0, 0.1) is 0 Å². The molecule has 0 aliphatic heterocycles. The smallest absolute Gasteiger partial charge is 0.251 e. The van der Waals surface area contributed by atoms with Gasteiger partial charge in [-0.3, -0.25) is 9.79 Å². The van der Waals surface area contributed by atoms with Gasteiger partial charge < -0.3 is 25.4 Å². The van der Waals surface area contributed by atoms with Gasteiger partial charge in [-0.1, -0.05) is 0 Å². The predicted molar refractivity (Wildman–Crippen MR) is 107 cm³/mol. The molecule has 0 aliphatic carbocycles. The number of halogens is 1. The van der Waals surface area contributed by atoms with Gasteiger partial charge in [0.1, 0.15) is 5.75 Å². The highest BCUT2D eigenvalue weighted by Gasteiger charge is 2.06. The first-order chi connectivity index (χ1) is 11.1. The van der Waals surface area contributed by atoms with Crippen LogP contribution in [-0.2, 0) is 4.74 Å². The second-order valence-corrected chi connectivity index (χ2v) is 4.98. The monoisotopic (exact) mass is 450 g/mol. The second kappa shape index (κ2) is 12.8. The number of methoxy groups -OCH3 is 2. The van der Waals surface area contributed by atoms with E-state index in [2.05, 4.69) is 20.9 Å². The van der Waals surface area contributed by atoms with Crippen molar-refractivity contribution in [3.05, 3.63) is 29.8 Å². The van der Waals surface area contributed by atoms with Gasteiger partial charge in [0, 0.05) is 38.9 Å². The number of amides is 1. The Kier molecular flexibility index (Phi) is 12.0. The number of carbonyl (C=O) groups excluding carboxylic acids is 1. The Balaban J connectivity index is 0.00000529. The zero-order valence-electron chi connectivity index (χ0n) is 14.6. The van der Waals surface area contributed by atoms with Crippen LogP contribution in [0.15, 0.2) is 29.3 Å². The zero-order chi connectivity index (χ0) is 17.1. The number of carbonyl (C=O) groups is 1. The van der Waals surface area contributed by atoms with Crippen LogP contribution < -0.4 is 20.7 Å². The number of ether oxygens (including phenoxy) is 2. The maximum atomic E-state index is 12.0. The largest absolute Gasteiger partial charge is 0.497 e. The second-order valence-electron chi connectivity index (χ2n) is 4.98. The minimum Gasteiger partial charge on any atom is -0.497 e. The Hall–Kier alpha value is -1.55. The molecule has 1 unspecified atom stereocenters. The number of nitrogens with zero attached hydrogens (tertiary/aromatic N) is 1. The lowest BCUT2D eigenvalue weighted by Gasteiger charge is -2.17. The molecule has 136 valence electrons. The van der Waals surface area contributed by atoms with Gasteiger partial charge in [-0.05, 0) is 31.2 Å². The molecule has 1 aromatic carbocycles. The van der Waals surface area contributed by atoms with E-state index in [1.54, 1.807) is 45.5 Å². The van der Waals surface area contributed by atoms with Crippen molar-refractivity contribution in [1.82, 2.24) is 16.0 Å². The topological polar surface area (TPSA) is 84.0 Å². The molecule has 1 atom stereocenters. The number of hydrogen-bond acceptors (Lipinski definition) is 4. The highest BCUT2D eigenvalue weighted by molar-refractivity contribution is 14.0. The van der Waals surface area contributed by atoms with Crippen LogP contribution in [0.25, 0.3) is 0 Å². The molecular weight excluding hydrogens is 423 g/mol. The van der Waals surface area contributed by atoms with Crippen molar-refractivity contribution in [3.63, 3.8) is 0 Å². The molecular formula is C16H27IN4O3. The summed E-state index contributed by atoms with van der Waals surface area (Å²) in [4.78, 5) is 16.1. The lowest BCUT2D eigenvalue weighted by atomic mass is 10.2. The molecule has 0 heterocycles. The fraction of sp³-hybridized carbons (Fsp3) is 0.500. The van der Waals surface area contributed by atoms with Gasteiger partial charge in [-0.25, -0.2) is 0 Å². The Morgan fingerprint density at radius 1 is 1.17 bits per heavy atom. The van der Waals surface area contributed by atoms with Crippen LogP contribution in [0.3, 0.4) is 0 Å². The molecule has 0 fully saturated rings. The molecule has 0 saturated carbocycles. The molecule has 8 heteroatoms. The van der Waals surface area contributed by atoms with Gasteiger partial charge in [0.2, 0.25) is 0 Å². The molecule has 0 radical (unpaired) electrons. The van der Waals surface area contributed by atoms with E-state index in [1.165, 1.54) is 0 Å². The highest BCUT2D eigenvalue weighted by atomic mass is 127. The first kappa shape index (κ1) is 22.4. The summed E-state index contributed by atoms with van der Waals surface area (Å²) in [5, 5.41) is 9.16. The van der Waals surface area contributed by atoms with Crippen LogP contribution >= 0.6 is 24.0 Å². The van der Waals surface area contributed by atoms with Crippen molar-refractivity contribution < 1.29 is 14.3 Å². The van der Waals surface area contributed by atoms with Gasteiger partial charge in [0.15, 0.2) is 5.96 Å². The van der Waals surface area contributed by atoms with Crippen LogP contribution in [0.4, 0.5) is 0 Å². The quantitative estimate of drug-likeness (QED) is 0.240. The molecule has 3 N–H and O–H groups in total. The van der Waals surface area contributed by atoms with E-state index in [1.807, 2.05) is 6.92 Å². The number of guanidine groups is 1. The van der Waals surface area contributed by atoms with Gasteiger partial charge in [0.25, 0.3) is 5.91 Å². The molecule has 0 aromatic heterocycles. The molecule has 0 saturated heterocycles. The molecule has 1 amide bonds. The third-order valence-electron chi connectivity index (χ3n) is 3.08. The van der Waals surface area contributed by atoms with Crippen molar-refractivity contribution in [2.24, 2.45) is 4.99 Å². The third kappa shape index (κ3) is 8.34. The van der Waals surface area contributed by atoms with E-state index in [9.17, 15) is 4.79 Å². The van der Waals surface area contributed by atoms with Gasteiger partial charge >= 0.3 is 0 Å². The Morgan fingerprint density at radius 3 is 2.33 bits per heavy atom. The van der Waals surface area contributed by atoms with Crippen molar-refractivity contribution in [2.45, 2.75) is 13.0 Å². The van der Waals surface area contributed by atoms with E-state index in [0.29, 0.717) is 31.2 Å². The van der Waals surface area contributed by atoms with E-state index < -0.39 is 0 Å². The average Bonchev–Trinajstić information content (AvgIpc) is 2.57. The van der Waals surface area contributed by atoms with E-state index in [0.717, 1.165) is 5.75 Å². The fourth-order valence-electron chi connectivity index (χ4n) is 1.92. The van der Waals surface area contributed by atoms with Gasteiger partial charge in [0.05, 0.1) is 13.7 Å². The summed E-state index contributed by atoms with van der Waals surface area (Å²) in [5.74, 6) is 1.28. The van der Waals surface area contributed by atoms with Crippen molar-refractivity contribution >= 4 is 35.8 Å². The first-order valence-corrected chi connectivity index (χ1v) is 7.49. The van der Waals surface area contributed by atoms with Gasteiger partial charge in [-0.15, -0.1) is 24.0 Å². The van der Waals surface area contributed by atoms with Crippen LogP contribution in [-0.4, -0.2) is 58.9 Å². The SMILES string of the molecule is CN=C(NCCNC(=O)c1ccc(OC)cc1)NC(C)COC.I. The molecule has 0 aliphatic rings. The molecule has 0 bridgehead atoms. The summed E-state index contributed by atoms with van der Waals surface area (Å²) >= 11 is 0. The van der Waals surface area contributed by atoms with E-state index >= 15 is 0 Å². The minimum atomic E-state index is -0.120. The Bertz CT molecular complexity index is 509. The molecule has 7 nitrogen and oxygen atoms in total. The standard InChI is InChI=1S/C16H26N4O3.HI/c1-12(11-22-3)20-16(17-2)19-10-9-18-15(21)13-5-7-14(23-4)8-6-13;/h5-8,12H,9-11H2,1-4H3,(H,18,21)(H2,17,19,20);1H. The number of benzene rings is 1. The molecule has 1 rings (SSSR count). The minimum absolute atomic E-state index is 0. The number of nitrogens with one attached hydrogen (secondary N) is 3. The first-order valence-electron chi connectivity index (χ1n) is 7.49. The van der Waals surface area contributed by atoms with Gasteiger partial charge in [-0.2, -0.15) is 0 Å². The summed E-state index contributed by atoms with van der Waals surface area (Å²) < 4.78 is 10.1. The van der Waals surface area contributed by atoms with E-state index in [-0.39, 0.29) is 35.9 Å². The third-order valence-corrected chi connectivity index (χ3v) is 3.08. The average molecular weight is 450 g/mol. The summed E-state index contributed by atoms with van der Waals surface area (Å²) in [6.45, 7) is 3.65. The Labute approximate surface area is 160 Å². The number of aliphatic imine (C=N–C) groups is 1. The maximum Gasteiger partial charge on any atom is 0.251 e. The molecule has 0 spiro atoms.